The van der Waals surface area contributed by atoms with Crippen molar-refractivity contribution in [3.05, 3.63) is 45.4 Å². The summed E-state index contributed by atoms with van der Waals surface area (Å²) in [5.74, 6) is -0.116. The van der Waals surface area contributed by atoms with Crippen molar-refractivity contribution in [1.29, 1.82) is 0 Å². The summed E-state index contributed by atoms with van der Waals surface area (Å²) in [5.41, 5.74) is 0.629. The van der Waals surface area contributed by atoms with Crippen LogP contribution in [0.1, 0.15) is 9.88 Å². The predicted octanol–water partition coefficient (Wildman–Crippen LogP) is 2.83. The second-order valence-electron chi connectivity index (χ2n) is 3.98. The highest BCUT2D eigenvalue weighted by molar-refractivity contribution is 7.11. The number of carbonyl (C=O) groups excluding carboxylic acids is 1. The molecule has 1 aromatic heterocycles. The molecule has 6 heteroatoms. The van der Waals surface area contributed by atoms with Crippen LogP contribution in [-0.4, -0.2) is 17.4 Å². The van der Waals surface area contributed by atoms with Gasteiger partial charge in [0, 0.05) is 17.6 Å². The van der Waals surface area contributed by atoms with Gasteiger partial charge in [0.05, 0.1) is 22.3 Å². The van der Waals surface area contributed by atoms with Crippen LogP contribution in [0, 0.1) is 6.92 Å². The van der Waals surface area contributed by atoms with Crippen LogP contribution >= 0.6 is 22.9 Å². The minimum Gasteiger partial charge on any atom is -0.324 e. The number of thiazole rings is 1. The summed E-state index contributed by atoms with van der Waals surface area (Å²) in [6.45, 7) is 2.84. The number of para-hydroxylation sites is 1. The zero-order valence-corrected chi connectivity index (χ0v) is 12.0. The summed E-state index contributed by atoms with van der Waals surface area (Å²) in [6, 6.07) is 7.16. The fourth-order valence-corrected chi connectivity index (χ4v) is 2.49. The van der Waals surface area contributed by atoms with Gasteiger partial charge in [-0.25, -0.2) is 4.98 Å². The van der Waals surface area contributed by atoms with E-state index >= 15 is 0 Å². The van der Waals surface area contributed by atoms with Gasteiger partial charge >= 0.3 is 0 Å². The van der Waals surface area contributed by atoms with Crippen molar-refractivity contribution in [2.24, 2.45) is 0 Å². The monoisotopic (exact) mass is 295 g/mol. The molecule has 100 valence electrons. The van der Waals surface area contributed by atoms with Gasteiger partial charge in [-0.1, -0.05) is 23.7 Å². The highest BCUT2D eigenvalue weighted by Crippen LogP contribution is 2.20. The third-order valence-electron chi connectivity index (χ3n) is 2.40. The zero-order chi connectivity index (χ0) is 13.7. The lowest BCUT2D eigenvalue weighted by atomic mass is 10.3. The van der Waals surface area contributed by atoms with Crippen molar-refractivity contribution in [3.8, 4) is 0 Å². The van der Waals surface area contributed by atoms with Gasteiger partial charge < -0.3 is 10.6 Å². The van der Waals surface area contributed by atoms with E-state index in [9.17, 15) is 4.79 Å². The number of hydrogen-bond acceptors (Lipinski definition) is 4. The molecule has 1 heterocycles. The number of aromatic nitrogens is 1. The van der Waals surface area contributed by atoms with Crippen molar-refractivity contribution in [3.63, 3.8) is 0 Å². The van der Waals surface area contributed by atoms with E-state index in [2.05, 4.69) is 15.6 Å². The molecule has 2 N–H and O–H groups in total. The summed E-state index contributed by atoms with van der Waals surface area (Å²) >= 11 is 7.58. The first-order valence-electron chi connectivity index (χ1n) is 5.81. The highest BCUT2D eigenvalue weighted by atomic mass is 35.5. The molecule has 2 aromatic rings. The highest BCUT2D eigenvalue weighted by Gasteiger charge is 2.05. The fourth-order valence-electron chi connectivity index (χ4n) is 1.54. The number of anilines is 1. The predicted molar refractivity (Wildman–Crippen MR) is 78.6 cm³/mol. The SMILES string of the molecule is Cc1ncc(CNCC(=O)Nc2ccccc2Cl)s1. The maximum absolute atomic E-state index is 11.7. The number of benzene rings is 1. The second kappa shape index (κ2) is 6.65. The summed E-state index contributed by atoms with van der Waals surface area (Å²) in [7, 11) is 0. The normalized spacial score (nSPS) is 10.4. The number of rotatable bonds is 5. The molecule has 0 bridgehead atoms. The number of aryl methyl sites for hydroxylation is 1. The molecule has 4 nitrogen and oxygen atoms in total. The summed E-state index contributed by atoms with van der Waals surface area (Å²) in [4.78, 5) is 17.0. The third kappa shape index (κ3) is 4.31. The van der Waals surface area contributed by atoms with E-state index in [1.54, 1.807) is 23.5 Å². The first kappa shape index (κ1) is 14.0. The minimum absolute atomic E-state index is 0.116. The molecular weight excluding hydrogens is 282 g/mol. The number of nitrogens with zero attached hydrogens (tertiary/aromatic N) is 1. The molecule has 0 aliphatic heterocycles. The van der Waals surface area contributed by atoms with Crippen LogP contribution in [0.25, 0.3) is 0 Å². The summed E-state index contributed by atoms with van der Waals surface area (Å²) < 4.78 is 0. The molecule has 0 spiro atoms. The van der Waals surface area contributed by atoms with Crippen LogP contribution in [0.2, 0.25) is 5.02 Å². The first-order valence-corrected chi connectivity index (χ1v) is 7.01. The molecule has 1 aromatic carbocycles. The summed E-state index contributed by atoms with van der Waals surface area (Å²) in [6.07, 6.45) is 1.82. The number of carbonyl (C=O) groups is 1. The van der Waals surface area contributed by atoms with E-state index in [-0.39, 0.29) is 12.5 Å². The van der Waals surface area contributed by atoms with E-state index in [1.807, 2.05) is 25.3 Å². The summed E-state index contributed by atoms with van der Waals surface area (Å²) in [5, 5.41) is 7.39. The largest absolute Gasteiger partial charge is 0.324 e. The lowest BCUT2D eigenvalue weighted by Gasteiger charge is -2.07. The second-order valence-corrected chi connectivity index (χ2v) is 5.70. The quantitative estimate of drug-likeness (QED) is 0.892. The Hall–Kier alpha value is -1.43. The Kier molecular flexibility index (Phi) is 4.90. The Bertz CT molecular complexity index is 571. The van der Waals surface area contributed by atoms with Crippen LogP contribution < -0.4 is 10.6 Å². The van der Waals surface area contributed by atoms with E-state index in [0.717, 1.165) is 9.88 Å². The van der Waals surface area contributed by atoms with Crippen LogP contribution in [0.3, 0.4) is 0 Å². The Morgan fingerprint density at radius 3 is 2.89 bits per heavy atom. The molecule has 0 radical (unpaired) electrons. The Morgan fingerprint density at radius 2 is 2.21 bits per heavy atom. The van der Waals surface area contributed by atoms with Crippen LogP contribution in [-0.2, 0) is 11.3 Å². The molecule has 0 saturated carbocycles. The zero-order valence-electron chi connectivity index (χ0n) is 10.4. The Morgan fingerprint density at radius 1 is 1.42 bits per heavy atom. The van der Waals surface area contributed by atoms with Gasteiger partial charge in [0.1, 0.15) is 0 Å². The molecule has 0 saturated heterocycles. The molecule has 2 rings (SSSR count). The standard InChI is InChI=1S/C13H14ClN3OS/c1-9-16-7-10(19-9)6-15-8-13(18)17-12-5-3-2-4-11(12)14/h2-5,7,15H,6,8H2,1H3,(H,17,18). The molecule has 0 atom stereocenters. The average molecular weight is 296 g/mol. The molecular formula is C13H14ClN3OS. The molecule has 0 fully saturated rings. The molecule has 0 aliphatic rings. The van der Waals surface area contributed by atoms with Crippen molar-refractivity contribution in [1.82, 2.24) is 10.3 Å². The van der Waals surface area contributed by atoms with Crippen molar-refractivity contribution < 1.29 is 4.79 Å². The van der Waals surface area contributed by atoms with E-state index in [4.69, 9.17) is 11.6 Å². The number of halogens is 1. The van der Waals surface area contributed by atoms with Crippen molar-refractivity contribution in [2.45, 2.75) is 13.5 Å². The first-order chi connectivity index (χ1) is 9.15. The van der Waals surface area contributed by atoms with Gasteiger partial charge in [-0.15, -0.1) is 11.3 Å². The maximum atomic E-state index is 11.7. The van der Waals surface area contributed by atoms with Gasteiger partial charge in [0.15, 0.2) is 0 Å². The Balaban J connectivity index is 1.77. The fraction of sp³-hybridized carbons (Fsp3) is 0.231. The molecule has 0 unspecified atom stereocenters. The van der Waals surface area contributed by atoms with Crippen LogP contribution in [0.5, 0.6) is 0 Å². The lowest BCUT2D eigenvalue weighted by Crippen LogP contribution is -2.27. The van der Waals surface area contributed by atoms with E-state index < -0.39 is 0 Å². The van der Waals surface area contributed by atoms with E-state index in [0.29, 0.717) is 17.3 Å². The topological polar surface area (TPSA) is 54.0 Å². The van der Waals surface area contributed by atoms with Gasteiger partial charge in [0.2, 0.25) is 5.91 Å². The maximum Gasteiger partial charge on any atom is 0.238 e. The number of amides is 1. The third-order valence-corrected chi connectivity index (χ3v) is 3.64. The Labute approximate surface area is 120 Å². The van der Waals surface area contributed by atoms with Crippen molar-refractivity contribution >= 4 is 34.5 Å². The van der Waals surface area contributed by atoms with Gasteiger partial charge in [-0.3, -0.25) is 4.79 Å². The average Bonchev–Trinajstić information content (AvgIpc) is 2.78. The van der Waals surface area contributed by atoms with Gasteiger partial charge in [-0.05, 0) is 19.1 Å². The number of nitrogens with one attached hydrogen (secondary N) is 2. The van der Waals surface area contributed by atoms with Gasteiger partial charge in [-0.2, -0.15) is 0 Å². The van der Waals surface area contributed by atoms with Crippen LogP contribution in [0.15, 0.2) is 30.5 Å². The number of hydrogen-bond donors (Lipinski definition) is 2. The van der Waals surface area contributed by atoms with Crippen molar-refractivity contribution in [2.75, 3.05) is 11.9 Å². The lowest BCUT2D eigenvalue weighted by molar-refractivity contribution is -0.115. The molecule has 1 amide bonds. The van der Waals surface area contributed by atoms with E-state index in [1.165, 1.54) is 0 Å². The molecule has 19 heavy (non-hydrogen) atoms. The van der Waals surface area contributed by atoms with Gasteiger partial charge in [0.25, 0.3) is 0 Å². The smallest absolute Gasteiger partial charge is 0.238 e. The van der Waals surface area contributed by atoms with Crippen LogP contribution in [0.4, 0.5) is 5.69 Å². The molecule has 0 aliphatic carbocycles. The minimum atomic E-state index is -0.116.